The van der Waals surface area contributed by atoms with Gasteiger partial charge in [0.15, 0.2) is 0 Å². The van der Waals surface area contributed by atoms with Crippen LogP contribution in [0.2, 0.25) is 0 Å². The third kappa shape index (κ3) is 2.45. The van der Waals surface area contributed by atoms with Gasteiger partial charge in [0, 0.05) is 0 Å². The van der Waals surface area contributed by atoms with E-state index >= 15 is 0 Å². The number of rotatable bonds is 4. The molecule has 0 spiro atoms. The molecule has 0 aromatic heterocycles. The van der Waals surface area contributed by atoms with Crippen LogP contribution < -0.4 is 5.73 Å². The van der Waals surface area contributed by atoms with Crippen molar-refractivity contribution in [3.05, 3.63) is 0 Å². The van der Waals surface area contributed by atoms with E-state index < -0.39 is 0 Å². The molecule has 0 radical (unpaired) electrons. The smallest absolute Gasteiger partial charge is 0.0867 e. The fraction of sp³-hybridized carbons (Fsp3) is 0.875. The molecule has 2 unspecified atom stereocenters. The summed E-state index contributed by atoms with van der Waals surface area (Å²) < 4.78 is 0. The molecule has 2 atom stereocenters. The number of nitrogens with zero attached hydrogens (tertiary/aromatic N) is 1. The van der Waals surface area contributed by atoms with Gasteiger partial charge < -0.3 is 5.73 Å². The molecule has 0 rings (SSSR count). The highest BCUT2D eigenvalue weighted by atomic mass is 14.9. The molecule has 0 saturated heterocycles. The van der Waals surface area contributed by atoms with Crippen molar-refractivity contribution >= 4 is 6.01 Å². The molecule has 3 N–H and O–H groups in total. The van der Waals surface area contributed by atoms with Crippen LogP contribution in [0, 0.1) is 11.3 Å². The van der Waals surface area contributed by atoms with Gasteiger partial charge in [0.25, 0.3) is 0 Å². The lowest BCUT2D eigenvalue weighted by Crippen LogP contribution is -2.34. The molecule has 64 valence electrons. The van der Waals surface area contributed by atoms with Gasteiger partial charge in [-0.3, -0.25) is 0 Å². The van der Waals surface area contributed by atoms with E-state index in [2.05, 4.69) is 11.0 Å². The third-order valence-corrected chi connectivity index (χ3v) is 2.44. The van der Waals surface area contributed by atoms with Gasteiger partial charge in [-0.05, 0) is 25.8 Å². The summed E-state index contributed by atoms with van der Waals surface area (Å²) in [6, 6.07) is 2.09. The van der Waals surface area contributed by atoms with E-state index in [1.807, 2.05) is 20.8 Å². The zero-order valence-corrected chi connectivity index (χ0v) is 7.52. The molecular weight excluding hydrogens is 138 g/mol. The van der Waals surface area contributed by atoms with Crippen molar-refractivity contribution in [1.82, 2.24) is 0 Å². The predicted molar refractivity (Wildman–Crippen MR) is 47.1 cm³/mol. The Hall–Kier alpha value is -0.660. The van der Waals surface area contributed by atoms with Crippen LogP contribution in [0.3, 0.4) is 0 Å². The summed E-state index contributed by atoms with van der Waals surface area (Å²) in [6.45, 7) is 6.71. The first-order valence-corrected chi connectivity index (χ1v) is 3.94. The Morgan fingerprint density at radius 3 is 2.55 bits per heavy atom. The Labute approximate surface area is 68.2 Å². The monoisotopic (exact) mass is 155 g/mol. The second kappa shape index (κ2) is 4.27. The number of nitrogens with two attached hydrogens (primary N) is 1. The number of aliphatic imine (C=N–C) groups is 1. The van der Waals surface area contributed by atoms with Crippen LogP contribution in [0.4, 0.5) is 0 Å². The Balaban J connectivity index is 4.44. The van der Waals surface area contributed by atoms with Gasteiger partial charge in [0.05, 0.1) is 11.5 Å². The fourth-order valence-corrected chi connectivity index (χ4v) is 0.919. The second-order valence-corrected chi connectivity index (χ2v) is 3.07. The third-order valence-electron chi connectivity index (χ3n) is 2.44. The van der Waals surface area contributed by atoms with Crippen molar-refractivity contribution < 1.29 is 0 Å². The first kappa shape index (κ1) is 10.3. The number of hydrogen-bond acceptors (Lipinski definition) is 3. The van der Waals surface area contributed by atoms with Crippen LogP contribution in [-0.2, 0) is 0 Å². The van der Waals surface area contributed by atoms with Crippen molar-refractivity contribution in [2.75, 3.05) is 6.54 Å². The van der Waals surface area contributed by atoms with E-state index in [1.165, 1.54) is 0 Å². The average molecular weight is 155 g/mol. The lowest BCUT2D eigenvalue weighted by molar-refractivity contribution is 0.318. The van der Waals surface area contributed by atoms with Crippen molar-refractivity contribution in [1.29, 1.82) is 5.41 Å². The molecular formula is C8H17N3. The molecule has 3 nitrogen and oxygen atoms in total. The molecule has 11 heavy (non-hydrogen) atoms. The first-order chi connectivity index (χ1) is 5.10. The summed E-state index contributed by atoms with van der Waals surface area (Å²) in [5.74, 6) is 0.311. The minimum atomic E-state index is -0.198. The highest BCUT2D eigenvalue weighted by Gasteiger charge is 2.27. The maximum atomic E-state index is 6.77. The summed E-state index contributed by atoms with van der Waals surface area (Å²) in [4.78, 5) is 3.98. The molecule has 0 aliphatic rings. The molecule has 0 fully saturated rings. The Bertz CT molecular complexity index is 161. The van der Waals surface area contributed by atoms with E-state index in [0.717, 1.165) is 6.42 Å². The molecule has 0 saturated carbocycles. The van der Waals surface area contributed by atoms with Gasteiger partial charge in [-0.25, -0.2) is 10.4 Å². The lowest BCUT2D eigenvalue weighted by atomic mass is 9.85. The summed E-state index contributed by atoms with van der Waals surface area (Å²) in [5.41, 5.74) is 5.32. The van der Waals surface area contributed by atoms with E-state index in [0.29, 0.717) is 12.5 Å². The average Bonchev–Trinajstić information content (AvgIpc) is 2.03. The molecule has 0 aromatic rings. The zero-order valence-electron chi connectivity index (χ0n) is 7.52. The van der Waals surface area contributed by atoms with E-state index in [-0.39, 0.29) is 5.54 Å². The van der Waals surface area contributed by atoms with Gasteiger partial charge in [-0.15, -0.1) is 0 Å². The van der Waals surface area contributed by atoms with Crippen molar-refractivity contribution in [2.24, 2.45) is 16.6 Å². The minimum Gasteiger partial charge on any atom is -0.330 e. The summed E-state index contributed by atoms with van der Waals surface area (Å²) in [7, 11) is 0. The molecule has 0 aromatic carbocycles. The second-order valence-electron chi connectivity index (χ2n) is 3.07. The largest absolute Gasteiger partial charge is 0.330 e. The van der Waals surface area contributed by atoms with E-state index in [4.69, 9.17) is 11.1 Å². The standard InChI is InChI=1S/C8H17N3/c1-4-8(3,11-6-10)7(2)5-9/h7,10H,4-5,9H2,1-3H3. The number of hydrogen-bond donors (Lipinski definition) is 2. The molecule has 0 aliphatic heterocycles. The van der Waals surface area contributed by atoms with Crippen LogP contribution in [-0.4, -0.2) is 18.1 Å². The zero-order chi connectivity index (χ0) is 8.91. The van der Waals surface area contributed by atoms with Crippen molar-refractivity contribution in [3.63, 3.8) is 0 Å². The van der Waals surface area contributed by atoms with Gasteiger partial charge in [-0.1, -0.05) is 13.8 Å². The van der Waals surface area contributed by atoms with Gasteiger partial charge in [0.1, 0.15) is 0 Å². The van der Waals surface area contributed by atoms with Crippen molar-refractivity contribution in [2.45, 2.75) is 32.7 Å². The molecule has 0 heterocycles. The van der Waals surface area contributed by atoms with E-state index in [9.17, 15) is 0 Å². The van der Waals surface area contributed by atoms with Crippen LogP contribution >= 0.6 is 0 Å². The maximum absolute atomic E-state index is 6.77. The van der Waals surface area contributed by atoms with Gasteiger partial charge in [-0.2, -0.15) is 0 Å². The predicted octanol–water partition coefficient (Wildman–Crippen LogP) is 1.50. The van der Waals surface area contributed by atoms with Crippen LogP contribution in [0.15, 0.2) is 4.99 Å². The van der Waals surface area contributed by atoms with Gasteiger partial charge >= 0.3 is 0 Å². The van der Waals surface area contributed by atoms with Crippen LogP contribution in [0.25, 0.3) is 0 Å². The topological polar surface area (TPSA) is 62.2 Å². The number of nitrogens with one attached hydrogen (secondary N) is 1. The summed E-state index contributed by atoms with van der Waals surface area (Å²) >= 11 is 0. The molecule has 0 amide bonds. The lowest BCUT2D eigenvalue weighted by Gasteiger charge is -2.28. The Kier molecular flexibility index (Phi) is 4.01. The Morgan fingerprint density at radius 1 is 1.73 bits per heavy atom. The highest BCUT2D eigenvalue weighted by Crippen LogP contribution is 2.23. The van der Waals surface area contributed by atoms with E-state index in [1.54, 1.807) is 0 Å². The van der Waals surface area contributed by atoms with Gasteiger partial charge in [0.2, 0.25) is 0 Å². The minimum absolute atomic E-state index is 0.198. The van der Waals surface area contributed by atoms with Crippen molar-refractivity contribution in [3.8, 4) is 0 Å². The summed E-state index contributed by atoms with van der Waals surface area (Å²) in [5, 5.41) is 6.77. The van der Waals surface area contributed by atoms with Crippen LogP contribution in [0.5, 0.6) is 0 Å². The first-order valence-electron chi connectivity index (χ1n) is 3.94. The normalized spacial score (nSPS) is 18.2. The molecule has 3 heteroatoms. The van der Waals surface area contributed by atoms with Crippen LogP contribution in [0.1, 0.15) is 27.2 Å². The summed E-state index contributed by atoms with van der Waals surface area (Å²) in [6.07, 6.45) is 0.900. The maximum Gasteiger partial charge on any atom is 0.0867 e. The SMILES string of the molecule is CCC(C)(N=C=N)C(C)CN. The molecule has 0 bridgehead atoms. The quantitative estimate of drug-likeness (QED) is 0.594. The highest BCUT2D eigenvalue weighted by molar-refractivity contribution is 5.37. The Morgan fingerprint density at radius 2 is 2.27 bits per heavy atom. The molecule has 0 aliphatic carbocycles. The fourth-order valence-electron chi connectivity index (χ4n) is 0.919.